The van der Waals surface area contributed by atoms with Gasteiger partial charge in [0.1, 0.15) is 11.9 Å². The van der Waals surface area contributed by atoms with E-state index in [9.17, 15) is 17.9 Å². The van der Waals surface area contributed by atoms with Crippen LogP contribution in [0.4, 0.5) is 4.39 Å². The van der Waals surface area contributed by atoms with E-state index in [4.69, 9.17) is 4.18 Å². The van der Waals surface area contributed by atoms with E-state index in [2.05, 4.69) is 0 Å². The van der Waals surface area contributed by atoms with Gasteiger partial charge in [-0.15, -0.1) is 0 Å². The van der Waals surface area contributed by atoms with Crippen LogP contribution in [-0.2, 0) is 14.3 Å². The summed E-state index contributed by atoms with van der Waals surface area (Å²) in [5.41, 5.74) is 1.32. The van der Waals surface area contributed by atoms with E-state index < -0.39 is 28.6 Å². The Morgan fingerprint density at radius 1 is 1.10 bits per heavy atom. The lowest BCUT2D eigenvalue weighted by Crippen LogP contribution is -2.13. The van der Waals surface area contributed by atoms with Crippen LogP contribution in [0, 0.1) is 12.7 Å². The van der Waals surface area contributed by atoms with E-state index in [0.29, 0.717) is 5.56 Å². The van der Waals surface area contributed by atoms with Crippen molar-refractivity contribution in [3.05, 3.63) is 65.5 Å². The van der Waals surface area contributed by atoms with Gasteiger partial charge in [0, 0.05) is 0 Å². The van der Waals surface area contributed by atoms with Crippen molar-refractivity contribution in [2.45, 2.75) is 17.9 Å². The quantitative estimate of drug-likeness (QED) is 0.862. The van der Waals surface area contributed by atoms with Crippen molar-refractivity contribution in [3.63, 3.8) is 0 Å². The highest BCUT2D eigenvalue weighted by Crippen LogP contribution is 2.18. The number of hydrogen-bond donors (Lipinski definition) is 1. The van der Waals surface area contributed by atoms with E-state index in [0.717, 1.165) is 5.56 Å². The van der Waals surface area contributed by atoms with E-state index in [1.807, 2.05) is 6.92 Å². The highest BCUT2D eigenvalue weighted by atomic mass is 32.2. The Hall–Kier alpha value is -1.76. The molecule has 2 rings (SSSR count). The Morgan fingerprint density at radius 2 is 1.67 bits per heavy atom. The summed E-state index contributed by atoms with van der Waals surface area (Å²) in [6, 6.07) is 11.3. The summed E-state index contributed by atoms with van der Waals surface area (Å²) >= 11 is 0. The molecule has 0 aliphatic rings. The molecule has 1 atom stereocenters. The van der Waals surface area contributed by atoms with Crippen LogP contribution in [0.5, 0.6) is 0 Å². The topological polar surface area (TPSA) is 63.6 Å². The Bertz CT molecular complexity index is 693. The molecule has 21 heavy (non-hydrogen) atoms. The number of halogens is 1. The van der Waals surface area contributed by atoms with Crippen molar-refractivity contribution >= 4 is 10.1 Å². The molecule has 112 valence electrons. The molecule has 0 aliphatic heterocycles. The molecule has 0 spiro atoms. The maximum Gasteiger partial charge on any atom is 0.297 e. The normalized spacial score (nSPS) is 13.1. The van der Waals surface area contributed by atoms with Crippen molar-refractivity contribution in [2.24, 2.45) is 0 Å². The second-order valence-corrected chi connectivity index (χ2v) is 6.23. The molecule has 1 unspecified atom stereocenters. The minimum absolute atomic E-state index is 0.0272. The third-order valence-electron chi connectivity index (χ3n) is 2.95. The molecule has 0 aromatic heterocycles. The van der Waals surface area contributed by atoms with Crippen LogP contribution in [-0.4, -0.2) is 20.1 Å². The zero-order valence-electron chi connectivity index (χ0n) is 11.4. The molecule has 2 aromatic carbocycles. The van der Waals surface area contributed by atoms with E-state index in [-0.39, 0.29) is 4.90 Å². The minimum atomic E-state index is -3.92. The van der Waals surface area contributed by atoms with Crippen LogP contribution >= 0.6 is 0 Å². The third kappa shape index (κ3) is 4.10. The van der Waals surface area contributed by atoms with Crippen LogP contribution in [0.2, 0.25) is 0 Å². The summed E-state index contributed by atoms with van der Waals surface area (Å²) < 4.78 is 41.5. The average Bonchev–Trinajstić information content (AvgIpc) is 2.46. The third-order valence-corrected chi connectivity index (χ3v) is 4.24. The first-order chi connectivity index (χ1) is 9.88. The fourth-order valence-corrected chi connectivity index (χ4v) is 2.62. The monoisotopic (exact) mass is 310 g/mol. The molecule has 0 saturated carbocycles. The second-order valence-electron chi connectivity index (χ2n) is 4.62. The number of rotatable bonds is 5. The fourth-order valence-electron chi connectivity index (χ4n) is 1.71. The standard InChI is InChI=1S/C15H15FO4S/c1-11-2-8-14(9-3-11)21(18,19)20-10-15(17)12-4-6-13(16)7-5-12/h2-9,15,17H,10H2,1H3. The zero-order chi connectivity index (χ0) is 15.5. The molecule has 0 radical (unpaired) electrons. The summed E-state index contributed by atoms with van der Waals surface area (Å²) in [6.45, 7) is 1.41. The lowest BCUT2D eigenvalue weighted by molar-refractivity contribution is 0.111. The number of aryl methyl sites for hydroxylation is 1. The SMILES string of the molecule is Cc1ccc(S(=O)(=O)OCC(O)c2ccc(F)cc2)cc1. The molecular weight excluding hydrogens is 295 g/mol. The number of hydrogen-bond acceptors (Lipinski definition) is 4. The lowest BCUT2D eigenvalue weighted by atomic mass is 10.1. The molecule has 0 fully saturated rings. The van der Waals surface area contributed by atoms with Crippen LogP contribution in [0.15, 0.2) is 53.4 Å². The van der Waals surface area contributed by atoms with Crippen molar-refractivity contribution < 1.29 is 22.1 Å². The van der Waals surface area contributed by atoms with Gasteiger partial charge in [-0.3, -0.25) is 4.18 Å². The van der Waals surface area contributed by atoms with Gasteiger partial charge in [0.05, 0.1) is 11.5 Å². The highest BCUT2D eigenvalue weighted by Gasteiger charge is 2.18. The molecule has 0 bridgehead atoms. The highest BCUT2D eigenvalue weighted by molar-refractivity contribution is 7.86. The smallest absolute Gasteiger partial charge is 0.297 e. The second kappa shape index (κ2) is 6.34. The maximum absolute atomic E-state index is 12.8. The van der Waals surface area contributed by atoms with Crippen LogP contribution in [0.1, 0.15) is 17.2 Å². The first kappa shape index (κ1) is 15.6. The van der Waals surface area contributed by atoms with E-state index >= 15 is 0 Å². The molecule has 6 heteroatoms. The zero-order valence-corrected chi connectivity index (χ0v) is 12.2. The first-order valence-electron chi connectivity index (χ1n) is 6.28. The summed E-state index contributed by atoms with van der Waals surface area (Å²) in [6.07, 6.45) is -1.15. The predicted octanol–water partition coefficient (Wildman–Crippen LogP) is 2.57. The Labute approximate surface area is 122 Å². The summed E-state index contributed by atoms with van der Waals surface area (Å²) in [5, 5.41) is 9.85. The van der Waals surface area contributed by atoms with Crippen molar-refractivity contribution in [1.82, 2.24) is 0 Å². The van der Waals surface area contributed by atoms with Gasteiger partial charge >= 0.3 is 0 Å². The largest absolute Gasteiger partial charge is 0.386 e. The summed E-state index contributed by atoms with van der Waals surface area (Å²) in [7, 11) is -3.92. The van der Waals surface area contributed by atoms with E-state index in [1.165, 1.54) is 36.4 Å². The Balaban J connectivity index is 2.04. The lowest BCUT2D eigenvalue weighted by Gasteiger charge is -2.12. The molecule has 0 saturated heterocycles. The van der Waals surface area contributed by atoms with Gasteiger partial charge < -0.3 is 5.11 Å². The van der Waals surface area contributed by atoms with Gasteiger partial charge in [-0.25, -0.2) is 4.39 Å². The number of benzene rings is 2. The van der Waals surface area contributed by atoms with Crippen LogP contribution in [0.3, 0.4) is 0 Å². The van der Waals surface area contributed by atoms with Gasteiger partial charge in [-0.1, -0.05) is 29.8 Å². The number of aliphatic hydroxyl groups excluding tert-OH is 1. The Kier molecular flexibility index (Phi) is 4.72. The van der Waals surface area contributed by atoms with Crippen LogP contribution < -0.4 is 0 Å². The van der Waals surface area contributed by atoms with Gasteiger partial charge in [0.2, 0.25) is 0 Å². The maximum atomic E-state index is 12.8. The molecule has 2 aromatic rings. The molecular formula is C15H15FO4S. The predicted molar refractivity (Wildman–Crippen MR) is 75.7 cm³/mol. The molecule has 0 amide bonds. The summed E-state index contributed by atoms with van der Waals surface area (Å²) in [4.78, 5) is 0.0272. The van der Waals surface area contributed by atoms with Gasteiger partial charge in [0.25, 0.3) is 10.1 Å². The molecule has 0 heterocycles. The Morgan fingerprint density at radius 3 is 2.24 bits per heavy atom. The van der Waals surface area contributed by atoms with Gasteiger partial charge in [-0.05, 0) is 36.8 Å². The van der Waals surface area contributed by atoms with Crippen LogP contribution in [0.25, 0.3) is 0 Å². The van der Waals surface area contributed by atoms with Crippen molar-refractivity contribution in [2.75, 3.05) is 6.61 Å². The average molecular weight is 310 g/mol. The van der Waals surface area contributed by atoms with Crippen molar-refractivity contribution in [1.29, 1.82) is 0 Å². The van der Waals surface area contributed by atoms with Crippen molar-refractivity contribution in [3.8, 4) is 0 Å². The first-order valence-corrected chi connectivity index (χ1v) is 7.69. The van der Waals surface area contributed by atoms with E-state index in [1.54, 1.807) is 12.1 Å². The van der Waals surface area contributed by atoms with Gasteiger partial charge in [-0.2, -0.15) is 8.42 Å². The number of aliphatic hydroxyl groups is 1. The van der Waals surface area contributed by atoms with Gasteiger partial charge in [0.15, 0.2) is 0 Å². The molecule has 4 nitrogen and oxygen atoms in total. The molecule has 1 N–H and O–H groups in total. The molecule has 0 aliphatic carbocycles. The fraction of sp³-hybridized carbons (Fsp3) is 0.200. The summed E-state index contributed by atoms with van der Waals surface area (Å²) in [5.74, 6) is -0.431. The minimum Gasteiger partial charge on any atom is -0.386 e.